The third-order valence-corrected chi connectivity index (χ3v) is 6.55. The molecule has 5 rings (SSSR count). The topological polar surface area (TPSA) is 81.6 Å². The van der Waals surface area contributed by atoms with E-state index in [-0.39, 0.29) is 11.8 Å². The Hall–Kier alpha value is -1.19. The number of thioether (sulfide) groups is 1. The van der Waals surface area contributed by atoms with Crippen molar-refractivity contribution in [3.05, 3.63) is 5.69 Å². The summed E-state index contributed by atoms with van der Waals surface area (Å²) in [6.45, 7) is 3.64. The molecule has 4 aliphatic heterocycles. The summed E-state index contributed by atoms with van der Waals surface area (Å²) < 4.78 is 19.8. The van der Waals surface area contributed by atoms with Gasteiger partial charge in [0.2, 0.25) is 0 Å². The quantitative estimate of drug-likeness (QED) is 0.458. The maximum atomic E-state index is 11.7. The maximum absolute atomic E-state index is 11.7. The molecule has 9 heteroatoms. The van der Waals surface area contributed by atoms with Gasteiger partial charge < -0.3 is 9.47 Å². The predicted molar refractivity (Wildman–Crippen MR) is 82.9 cm³/mol. The van der Waals surface area contributed by atoms with E-state index in [2.05, 4.69) is 15.7 Å². The molecule has 4 saturated heterocycles. The van der Waals surface area contributed by atoms with Gasteiger partial charge in [0, 0.05) is 13.1 Å². The molecule has 1 unspecified atom stereocenters. The van der Waals surface area contributed by atoms with Gasteiger partial charge in [0.1, 0.15) is 16.6 Å². The maximum Gasteiger partial charge on any atom is 0.421 e. The molecule has 0 aliphatic carbocycles. The highest BCUT2D eigenvalue weighted by Gasteiger charge is 2.65. The summed E-state index contributed by atoms with van der Waals surface area (Å²) in [6, 6.07) is 0. The van der Waals surface area contributed by atoms with Gasteiger partial charge in [-0.05, 0) is 30.9 Å². The molecule has 2 bridgehead atoms. The van der Waals surface area contributed by atoms with Crippen LogP contribution in [-0.2, 0) is 19.1 Å². The highest BCUT2D eigenvalue weighted by Crippen LogP contribution is 2.53. The Morgan fingerprint density at radius 3 is 2.61 bits per heavy atom. The van der Waals surface area contributed by atoms with Crippen molar-refractivity contribution in [1.82, 2.24) is 13.6 Å². The largest absolute Gasteiger partial charge is 0.421 e. The van der Waals surface area contributed by atoms with Crippen LogP contribution in [0.3, 0.4) is 0 Å². The molecule has 0 N–H and O–H groups in total. The van der Waals surface area contributed by atoms with Gasteiger partial charge in [-0.1, -0.05) is 6.92 Å². The van der Waals surface area contributed by atoms with Gasteiger partial charge in [0.15, 0.2) is 0 Å². The van der Waals surface area contributed by atoms with E-state index in [9.17, 15) is 9.59 Å². The number of carbonyl (C=O) groups is 2. The summed E-state index contributed by atoms with van der Waals surface area (Å²) in [5.74, 6) is -2.15. The first kappa shape index (κ1) is 15.3. The van der Waals surface area contributed by atoms with E-state index in [1.807, 2.05) is 4.90 Å². The summed E-state index contributed by atoms with van der Waals surface area (Å²) in [6.07, 6.45) is 3.00. The first-order valence-electron chi connectivity index (χ1n) is 7.82. The molecule has 1 aromatic rings. The number of ether oxygens (including phenoxy) is 2. The highest BCUT2D eigenvalue weighted by molar-refractivity contribution is 7.99. The zero-order valence-electron chi connectivity index (χ0n) is 12.7. The second kappa shape index (κ2) is 5.71. The van der Waals surface area contributed by atoms with Crippen LogP contribution in [-0.4, -0.2) is 50.3 Å². The summed E-state index contributed by atoms with van der Waals surface area (Å²) in [5, 5.41) is 0.869. The fraction of sp³-hybridized carbons (Fsp3) is 0.714. The molecule has 124 valence electrons. The van der Waals surface area contributed by atoms with Gasteiger partial charge >= 0.3 is 17.8 Å². The smallest absolute Gasteiger partial charge is 0.399 e. The first-order chi connectivity index (χ1) is 11.2. The lowest BCUT2D eigenvalue weighted by molar-refractivity contribution is -0.300. The molecule has 4 fully saturated rings. The van der Waals surface area contributed by atoms with Gasteiger partial charge in [-0.3, -0.25) is 0 Å². The van der Waals surface area contributed by atoms with Crippen LogP contribution >= 0.6 is 23.5 Å². The molecule has 5 heterocycles. The zero-order valence-corrected chi connectivity index (χ0v) is 14.3. The number of fused-ring (bicyclic) bond motifs is 2. The number of piperidine rings is 3. The average Bonchev–Trinajstić information content (AvgIpc) is 3.12. The van der Waals surface area contributed by atoms with E-state index in [4.69, 9.17) is 9.47 Å². The third kappa shape index (κ3) is 2.28. The average molecular weight is 355 g/mol. The monoisotopic (exact) mass is 355 g/mol. The van der Waals surface area contributed by atoms with E-state index in [1.165, 1.54) is 0 Å². The van der Waals surface area contributed by atoms with Crippen LogP contribution < -0.4 is 0 Å². The molecule has 4 aliphatic rings. The second-order valence-electron chi connectivity index (χ2n) is 6.01. The molecule has 1 spiro atoms. The summed E-state index contributed by atoms with van der Waals surface area (Å²) in [4.78, 5) is 25.4. The van der Waals surface area contributed by atoms with E-state index >= 15 is 0 Å². The van der Waals surface area contributed by atoms with Gasteiger partial charge in [-0.15, -0.1) is 11.8 Å². The Morgan fingerprint density at radius 1 is 1.26 bits per heavy atom. The van der Waals surface area contributed by atoms with Crippen molar-refractivity contribution in [2.24, 2.45) is 5.92 Å². The number of hydrogen-bond donors (Lipinski definition) is 0. The molecule has 1 atom stereocenters. The molecule has 1 aromatic heterocycles. The SMILES string of the molecule is CCCSc1nsnc1C1C2CCN(CC2)C12OC(=O)C(=O)O2. The van der Waals surface area contributed by atoms with E-state index in [0.29, 0.717) is 0 Å². The number of nitrogens with zero attached hydrogens (tertiary/aromatic N) is 3. The van der Waals surface area contributed by atoms with Crippen LogP contribution in [0.5, 0.6) is 0 Å². The summed E-state index contributed by atoms with van der Waals surface area (Å²) in [7, 11) is 0. The van der Waals surface area contributed by atoms with Crippen LogP contribution in [0.15, 0.2) is 5.03 Å². The zero-order chi connectivity index (χ0) is 16.0. The van der Waals surface area contributed by atoms with E-state index in [1.54, 1.807) is 11.8 Å². The van der Waals surface area contributed by atoms with Crippen molar-refractivity contribution in [2.75, 3.05) is 18.8 Å². The van der Waals surface area contributed by atoms with Crippen LogP contribution in [0.1, 0.15) is 37.8 Å². The predicted octanol–water partition coefficient (Wildman–Crippen LogP) is 1.60. The van der Waals surface area contributed by atoms with Crippen molar-refractivity contribution >= 4 is 35.4 Å². The van der Waals surface area contributed by atoms with Crippen LogP contribution in [0, 0.1) is 5.92 Å². The Bertz CT molecular complexity index is 626. The number of aromatic nitrogens is 2. The molecule has 0 saturated carbocycles. The summed E-state index contributed by atoms with van der Waals surface area (Å²) in [5.41, 5.74) is 0.811. The fourth-order valence-electron chi connectivity index (χ4n) is 3.74. The first-order valence-corrected chi connectivity index (χ1v) is 9.54. The lowest BCUT2D eigenvalue weighted by atomic mass is 9.74. The van der Waals surface area contributed by atoms with Crippen molar-refractivity contribution in [2.45, 2.75) is 43.0 Å². The lowest BCUT2D eigenvalue weighted by Gasteiger charge is -2.53. The second-order valence-corrected chi connectivity index (χ2v) is 7.63. The minimum Gasteiger partial charge on any atom is -0.399 e. The van der Waals surface area contributed by atoms with Crippen molar-refractivity contribution in [3.63, 3.8) is 0 Å². The molecule has 0 amide bonds. The Labute approximate surface area is 142 Å². The van der Waals surface area contributed by atoms with E-state index in [0.717, 1.165) is 60.6 Å². The standard InChI is InChI=1S/C14H17N3O4S2/c1-2-7-22-11-10(15-23-16-11)9-8-3-5-17(6-4-8)14(9)20-12(18)13(19)21-14/h8-9H,2-7H2,1H3. The minimum atomic E-state index is -1.31. The van der Waals surface area contributed by atoms with Crippen LogP contribution in [0.25, 0.3) is 0 Å². The van der Waals surface area contributed by atoms with Crippen molar-refractivity contribution < 1.29 is 19.1 Å². The van der Waals surface area contributed by atoms with Crippen molar-refractivity contribution in [3.8, 4) is 0 Å². The van der Waals surface area contributed by atoms with Crippen LogP contribution in [0.4, 0.5) is 0 Å². The molecule has 23 heavy (non-hydrogen) atoms. The van der Waals surface area contributed by atoms with Gasteiger partial charge in [-0.2, -0.15) is 8.75 Å². The number of hydrogen-bond acceptors (Lipinski definition) is 9. The third-order valence-electron chi connectivity index (χ3n) is 4.71. The van der Waals surface area contributed by atoms with Gasteiger partial charge in [0.25, 0.3) is 0 Å². The molecular weight excluding hydrogens is 338 g/mol. The molecule has 7 nitrogen and oxygen atoms in total. The molecule has 0 aromatic carbocycles. The van der Waals surface area contributed by atoms with Gasteiger partial charge in [-0.25, -0.2) is 14.5 Å². The van der Waals surface area contributed by atoms with Gasteiger partial charge in [0.05, 0.1) is 11.7 Å². The molecule has 0 radical (unpaired) electrons. The normalized spacial score (nSPS) is 31.4. The Balaban J connectivity index is 1.74. The van der Waals surface area contributed by atoms with Crippen molar-refractivity contribution in [1.29, 1.82) is 0 Å². The Morgan fingerprint density at radius 2 is 1.96 bits per heavy atom. The Kier molecular flexibility index (Phi) is 3.81. The number of rotatable bonds is 4. The fourth-order valence-corrected chi connectivity index (χ4v) is 5.32. The van der Waals surface area contributed by atoms with Crippen LogP contribution in [0.2, 0.25) is 0 Å². The van der Waals surface area contributed by atoms with E-state index < -0.39 is 17.8 Å². The number of esters is 2. The molecular formula is C14H17N3O4S2. The highest BCUT2D eigenvalue weighted by atomic mass is 32.2. The number of carbonyl (C=O) groups excluding carboxylic acids is 2. The lowest BCUT2D eigenvalue weighted by Crippen LogP contribution is -2.64. The minimum absolute atomic E-state index is 0.251. The summed E-state index contributed by atoms with van der Waals surface area (Å²) >= 11 is 2.82.